The molecule has 0 radical (unpaired) electrons. The standard InChI is InChI=1S/C5H9N3/c1-3-7-8-4-5(2)6/h3-4H,1,6H2,2H3/b5-4-,8-7-. The molecule has 0 fully saturated rings. The Balaban J connectivity index is 3.57. The highest BCUT2D eigenvalue weighted by atomic mass is 15.1. The minimum atomic E-state index is 0.635. The van der Waals surface area contributed by atoms with E-state index in [0.717, 1.165) is 0 Å². The second kappa shape index (κ2) is 4.05. The van der Waals surface area contributed by atoms with E-state index < -0.39 is 0 Å². The summed E-state index contributed by atoms with van der Waals surface area (Å²) in [5.41, 5.74) is 5.84. The lowest BCUT2D eigenvalue weighted by molar-refractivity contribution is 1.17. The molecule has 0 bridgehead atoms. The first-order valence-corrected chi connectivity index (χ1v) is 2.20. The lowest BCUT2D eigenvalue weighted by atomic mass is 10.6. The Labute approximate surface area is 48.6 Å². The first-order chi connectivity index (χ1) is 3.77. The molecule has 0 unspecified atom stereocenters. The molecule has 3 heteroatoms. The van der Waals surface area contributed by atoms with Crippen LogP contribution in [0, 0.1) is 0 Å². The van der Waals surface area contributed by atoms with Gasteiger partial charge in [-0.3, -0.25) is 0 Å². The van der Waals surface area contributed by atoms with Crippen molar-refractivity contribution in [1.29, 1.82) is 0 Å². The van der Waals surface area contributed by atoms with Crippen LogP contribution in [0.1, 0.15) is 6.92 Å². The van der Waals surface area contributed by atoms with Crippen LogP contribution in [0.4, 0.5) is 0 Å². The summed E-state index contributed by atoms with van der Waals surface area (Å²) in [4.78, 5) is 0. The Kier molecular flexibility index (Phi) is 3.48. The maximum Gasteiger partial charge on any atom is 0.0680 e. The van der Waals surface area contributed by atoms with Crippen LogP contribution in [0.25, 0.3) is 0 Å². The van der Waals surface area contributed by atoms with Crippen molar-refractivity contribution in [1.82, 2.24) is 0 Å². The third-order valence-corrected chi connectivity index (χ3v) is 0.410. The number of rotatable bonds is 2. The van der Waals surface area contributed by atoms with E-state index in [1.54, 1.807) is 6.92 Å². The molecule has 3 nitrogen and oxygen atoms in total. The van der Waals surface area contributed by atoms with Crippen LogP contribution in [-0.2, 0) is 0 Å². The lowest BCUT2D eigenvalue weighted by Gasteiger charge is -1.78. The molecule has 0 aliphatic carbocycles. The maximum atomic E-state index is 5.21. The summed E-state index contributed by atoms with van der Waals surface area (Å²) < 4.78 is 0. The molecule has 0 aliphatic rings. The Bertz CT molecular complexity index is 120. The highest BCUT2D eigenvalue weighted by Gasteiger charge is 1.67. The van der Waals surface area contributed by atoms with Crippen LogP contribution >= 0.6 is 0 Å². The lowest BCUT2D eigenvalue weighted by Crippen LogP contribution is -1.87. The number of hydrogen-bond donors (Lipinski definition) is 1. The van der Waals surface area contributed by atoms with Crippen molar-refractivity contribution < 1.29 is 0 Å². The van der Waals surface area contributed by atoms with Gasteiger partial charge in [0, 0.05) is 11.9 Å². The van der Waals surface area contributed by atoms with Gasteiger partial charge in [-0.2, -0.15) is 10.2 Å². The van der Waals surface area contributed by atoms with Crippen molar-refractivity contribution in [3.05, 3.63) is 24.7 Å². The van der Waals surface area contributed by atoms with Crippen molar-refractivity contribution in [2.75, 3.05) is 0 Å². The van der Waals surface area contributed by atoms with Crippen LogP contribution in [0.15, 0.2) is 34.9 Å². The predicted octanol–water partition coefficient (Wildman–Crippen LogP) is 1.40. The summed E-state index contributed by atoms with van der Waals surface area (Å²) in [5, 5.41) is 6.95. The molecule has 0 heterocycles. The fourth-order valence-corrected chi connectivity index (χ4v) is 0.172. The summed E-state index contributed by atoms with van der Waals surface area (Å²) in [7, 11) is 0. The van der Waals surface area contributed by atoms with Gasteiger partial charge in [0.25, 0.3) is 0 Å². The molecule has 0 rings (SSSR count). The topological polar surface area (TPSA) is 50.7 Å². The smallest absolute Gasteiger partial charge is 0.0680 e. The Morgan fingerprint density at radius 1 is 1.62 bits per heavy atom. The van der Waals surface area contributed by atoms with E-state index in [4.69, 9.17) is 5.73 Å². The van der Waals surface area contributed by atoms with Crippen molar-refractivity contribution >= 4 is 0 Å². The van der Waals surface area contributed by atoms with E-state index >= 15 is 0 Å². The van der Waals surface area contributed by atoms with Crippen LogP contribution in [-0.4, -0.2) is 0 Å². The van der Waals surface area contributed by atoms with Crippen molar-refractivity contribution in [2.45, 2.75) is 6.92 Å². The SMILES string of the molecule is C=C/N=N\C=C(\C)N. The number of nitrogens with two attached hydrogens (primary N) is 1. The molecule has 44 valence electrons. The fraction of sp³-hybridized carbons (Fsp3) is 0.200. The minimum Gasteiger partial charge on any atom is -0.401 e. The van der Waals surface area contributed by atoms with Crippen molar-refractivity contribution in [3.63, 3.8) is 0 Å². The summed E-state index contributed by atoms with van der Waals surface area (Å²) in [6, 6.07) is 0. The fourth-order valence-electron chi connectivity index (χ4n) is 0.172. The largest absolute Gasteiger partial charge is 0.401 e. The third-order valence-electron chi connectivity index (χ3n) is 0.410. The molecule has 0 amide bonds. The monoisotopic (exact) mass is 111 g/mol. The summed E-state index contributed by atoms with van der Waals surface area (Å²) in [6.45, 7) is 5.07. The van der Waals surface area contributed by atoms with E-state index in [2.05, 4.69) is 16.8 Å². The van der Waals surface area contributed by atoms with Gasteiger partial charge in [-0.05, 0) is 6.92 Å². The van der Waals surface area contributed by atoms with Crippen molar-refractivity contribution in [3.8, 4) is 0 Å². The number of allylic oxidation sites excluding steroid dienone is 1. The number of hydrogen-bond acceptors (Lipinski definition) is 3. The van der Waals surface area contributed by atoms with Crippen LogP contribution < -0.4 is 5.73 Å². The molecule has 0 aromatic heterocycles. The second-order valence-electron chi connectivity index (χ2n) is 1.29. The summed E-state index contributed by atoms with van der Waals surface area (Å²) in [5.74, 6) is 0. The van der Waals surface area contributed by atoms with Gasteiger partial charge < -0.3 is 5.73 Å². The molecule has 0 aromatic rings. The van der Waals surface area contributed by atoms with Gasteiger partial charge in [-0.1, -0.05) is 6.58 Å². The second-order valence-corrected chi connectivity index (χ2v) is 1.29. The first-order valence-electron chi connectivity index (χ1n) is 2.20. The Morgan fingerprint density at radius 3 is 2.62 bits per heavy atom. The average molecular weight is 111 g/mol. The summed E-state index contributed by atoms with van der Waals surface area (Å²) >= 11 is 0. The molecule has 0 atom stereocenters. The molecule has 2 N–H and O–H groups in total. The zero-order valence-electron chi connectivity index (χ0n) is 4.83. The van der Waals surface area contributed by atoms with E-state index in [0.29, 0.717) is 5.70 Å². The van der Waals surface area contributed by atoms with E-state index in [1.807, 2.05) is 0 Å². The normalized spacial score (nSPS) is 12.4. The third kappa shape index (κ3) is 4.88. The molecule has 0 spiro atoms. The molecule has 0 saturated heterocycles. The molecular weight excluding hydrogens is 102 g/mol. The molecule has 0 aromatic carbocycles. The van der Waals surface area contributed by atoms with E-state index in [-0.39, 0.29) is 0 Å². The van der Waals surface area contributed by atoms with Crippen molar-refractivity contribution in [2.24, 2.45) is 16.0 Å². The average Bonchev–Trinajstić information content (AvgIpc) is 1.66. The quantitative estimate of drug-likeness (QED) is 0.538. The molecule has 0 saturated carbocycles. The molecule has 0 aliphatic heterocycles. The van der Waals surface area contributed by atoms with Crippen LogP contribution in [0.2, 0.25) is 0 Å². The van der Waals surface area contributed by atoms with Gasteiger partial charge in [0.05, 0.1) is 6.20 Å². The van der Waals surface area contributed by atoms with Gasteiger partial charge in [-0.15, -0.1) is 0 Å². The first kappa shape index (κ1) is 6.88. The highest BCUT2D eigenvalue weighted by Crippen LogP contribution is 1.81. The van der Waals surface area contributed by atoms with Gasteiger partial charge in [0.15, 0.2) is 0 Å². The van der Waals surface area contributed by atoms with Gasteiger partial charge in [0.2, 0.25) is 0 Å². The molecule has 8 heavy (non-hydrogen) atoms. The van der Waals surface area contributed by atoms with Gasteiger partial charge >= 0.3 is 0 Å². The highest BCUT2D eigenvalue weighted by molar-refractivity contribution is 4.88. The minimum absolute atomic E-state index is 0.635. The van der Waals surface area contributed by atoms with Crippen LogP contribution in [0.3, 0.4) is 0 Å². The Hall–Kier alpha value is -1.12. The molecular formula is C5H9N3. The zero-order chi connectivity index (χ0) is 6.41. The van der Waals surface area contributed by atoms with Crippen LogP contribution in [0.5, 0.6) is 0 Å². The predicted molar refractivity (Wildman–Crippen MR) is 33.0 cm³/mol. The van der Waals surface area contributed by atoms with E-state index in [9.17, 15) is 0 Å². The number of nitrogens with zero attached hydrogens (tertiary/aromatic N) is 2. The van der Waals surface area contributed by atoms with Gasteiger partial charge in [0.1, 0.15) is 0 Å². The Morgan fingerprint density at radius 2 is 2.25 bits per heavy atom. The summed E-state index contributed by atoms with van der Waals surface area (Å²) in [6.07, 6.45) is 2.81. The zero-order valence-corrected chi connectivity index (χ0v) is 4.83. The maximum absolute atomic E-state index is 5.21. The van der Waals surface area contributed by atoms with Gasteiger partial charge in [-0.25, -0.2) is 0 Å². The number of azo groups is 1. The van der Waals surface area contributed by atoms with E-state index in [1.165, 1.54) is 12.4 Å².